The average molecular weight is 250 g/mol. The van der Waals surface area contributed by atoms with Crippen molar-refractivity contribution in [3.8, 4) is 0 Å². The van der Waals surface area contributed by atoms with Crippen LogP contribution >= 0.6 is 0 Å². The highest BCUT2D eigenvalue weighted by Gasteiger charge is 2.25. The number of hydrogen-bond donors (Lipinski definition) is 1. The summed E-state index contributed by atoms with van der Waals surface area (Å²) < 4.78 is 5.42. The van der Waals surface area contributed by atoms with Crippen molar-refractivity contribution in [2.24, 2.45) is 11.7 Å². The zero-order valence-corrected chi connectivity index (χ0v) is 11.2. The Morgan fingerprint density at radius 1 is 1.44 bits per heavy atom. The second-order valence-electron chi connectivity index (χ2n) is 5.14. The highest BCUT2D eigenvalue weighted by atomic mass is 16.3. The number of piperidine rings is 1. The van der Waals surface area contributed by atoms with E-state index in [1.54, 1.807) is 0 Å². The minimum atomic E-state index is 0.107. The van der Waals surface area contributed by atoms with Gasteiger partial charge in [-0.3, -0.25) is 4.79 Å². The van der Waals surface area contributed by atoms with Gasteiger partial charge in [0, 0.05) is 13.1 Å². The number of carbonyl (C=O) groups excluding carboxylic acids is 1. The highest BCUT2D eigenvalue weighted by molar-refractivity contribution is 5.95. The number of rotatable bonds is 3. The first-order valence-electron chi connectivity index (χ1n) is 6.68. The van der Waals surface area contributed by atoms with Gasteiger partial charge in [0.2, 0.25) is 0 Å². The smallest absolute Gasteiger partial charge is 0.257 e. The van der Waals surface area contributed by atoms with Gasteiger partial charge >= 0.3 is 0 Å². The third kappa shape index (κ3) is 2.75. The first kappa shape index (κ1) is 13.1. The molecule has 0 saturated carbocycles. The van der Waals surface area contributed by atoms with E-state index in [2.05, 4.69) is 0 Å². The molecule has 2 heterocycles. The molecule has 1 aliphatic heterocycles. The molecule has 0 atom stereocenters. The Balaban J connectivity index is 1.97. The van der Waals surface area contributed by atoms with Crippen LogP contribution in [0.5, 0.6) is 0 Å². The number of hydrogen-bond acceptors (Lipinski definition) is 3. The number of furan rings is 1. The summed E-state index contributed by atoms with van der Waals surface area (Å²) in [5.74, 6) is 2.32. The largest absolute Gasteiger partial charge is 0.466 e. The van der Waals surface area contributed by atoms with Gasteiger partial charge in [-0.15, -0.1) is 0 Å². The summed E-state index contributed by atoms with van der Waals surface area (Å²) in [6.07, 6.45) is 3.21. The summed E-state index contributed by atoms with van der Waals surface area (Å²) in [4.78, 5) is 14.3. The predicted octanol–water partition coefficient (Wildman–Crippen LogP) is 2.10. The van der Waals surface area contributed by atoms with Gasteiger partial charge in [-0.2, -0.15) is 0 Å². The molecule has 0 bridgehead atoms. The molecule has 4 nitrogen and oxygen atoms in total. The van der Waals surface area contributed by atoms with Crippen LogP contribution in [0.15, 0.2) is 10.5 Å². The van der Waals surface area contributed by atoms with Crippen molar-refractivity contribution in [2.45, 2.75) is 33.1 Å². The van der Waals surface area contributed by atoms with Crippen LogP contribution in [-0.2, 0) is 0 Å². The Morgan fingerprint density at radius 2 is 2.11 bits per heavy atom. The number of amides is 1. The lowest BCUT2D eigenvalue weighted by Crippen LogP contribution is -2.38. The standard InChI is InChI=1S/C14H22N2O2/c1-10-9-13(11(2)18-10)14(17)16-7-4-12(3-6-15)5-8-16/h9,12H,3-8,15H2,1-2H3. The van der Waals surface area contributed by atoms with Crippen LogP contribution in [0.2, 0.25) is 0 Å². The third-order valence-corrected chi connectivity index (χ3v) is 3.75. The maximum absolute atomic E-state index is 12.3. The van der Waals surface area contributed by atoms with Crippen molar-refractivity contribution in [1.29, 1.82) is 0 Å². The second kappa shape index (κ2) is 5.57. The Labute approximate surface area is 108 Å². The molecule has 1 aromatic heterocycles. The Kier molecular flexibility index (Phi) is 4.07. The van der Waals surface area contributed by atoms with E-state index in [4.69, 9.17) is 10.2 Å². The van der Waals surface area contributed by atoms with Crippen LogP contribution in [0.25, 0.3) is 0 Å². The normalized spacial score (nSPS) is 17.2. The van der Waals surface area contributed by atoms with Crippen molar-refractivity contribution in [1.82, 2.24) is 4.90 Å². The summed E-state index contributed by atoms with van der Waals surface area (Å²) in [5, 5.41) is 0. The molecule has 0 aliphatic carbocycles. The minimum Gasteiger partial charge on any atom is -0.466 e. The van der Waals surface area contributed by atoms with Crippen molar-refractivity contribution in [2.75, 3.05) is 19.6 Å². The summed E-state index contributed by atoms with van der Waals surface area (Å²) in [6.45, 7) is 6.15. The van der Waals surface area contributed by atoms with Gasteiger partial charge in [0.05, 0.1) is 5.56 Å². The van der Waals surface area contributed by atoms with Crippen molar-refractivity contribution in [3.05, 3.63) is 23.2 Å². The van der Waals surface area contributed by atoms with E-state index in [9.17, 15) is 4.79 Å². The van der Waals surface area contributed by atoms with E-state index in [0.717, 1.165) is 50.4 Å². The second-order valence-corrected chi connectivity index (χ2v) is 5.14. The lowest BCUT2D eigenvalue weighted by molar-refractivity contribution is 0.0686. The van der Waals surface area contributed by atoms with Crippen LogP contribution < -0.4 is 5.73 Å². The number of nitrogens with two attached hydrogens (primary N) is 1. The van der Waals surface area contributed by atoms with Crippen molar-refractivity contribution < 1.29 is 9.21 Å². The Bertz CT molecular complexity index is 417. The van der Waals surface area contributed by atoms with Crippen LogP contribution in [-0.4, -0.2) is 30.4 Å². The van der Waals surface area contributed by atoms with Gasteiger partial charge in [0.1, 0.15) is 11.5 Å². The number of likely N-dealkylation sites (tertiary alicyclic amines) is 1. The molecule has 1 amide bonds. The summed E-state index contributed by atoms with van der Waals surface area (Å²) >= 11 is 0. The molecule has 1 aliphatic rings. The van der Waals surface area contributed by atoms with Gasteiger partial charge in [-0.25, -0.2) is 0 Å². The maximum Gasteiger partial charge on any atom is 0.257 e. The van der Waals surface area contributed by atoms with Gasteiger partial charge in [0.15, 0.2) is 0 Å². The zero-order valence-electron chi connectivity index (χ0n) is 11.2. The summed E-state index contributed by atoms with van der Waals surface area (Å²) in [7, 11) is 0. The first-order valence-corrected chi connectivity index (χ1v) is 6.68. The number of aryl methyl sites for hydroxylation is 2. The lowest BCUT2D eigenvalue weighted by Gasteiger charge is -2.31. The Morgan fingerprint density at radius 3 is 2.61 bits per heavy atom. The molecule has 0 unspecified atom stereocenters. The molecule has 0 aromatic carbocycles. The molecule has 100 valence electrons. The van der Waals surface area contributed by atoms with Gasteiger partial charge in [0.25, 0.3) is 5.91 Å². The molecule has 18 heavy (non-hydrogen) atoms. The van der Waals surface area contributed by atoms with Crippen molar-refractivity contribution in [3.63, 3.8) is 0 Å². The monoisotopic (exact) mass is 250 g/mol. The number of nitrogens with zero attached hydrogens (tertiary/aromatic N) is 1. The van der Waals surface area contributed by atoms with E-state index in [0.29, 0.717) is 11.5 Å². The van der Waals surface area contributed by atoms with E-state index in [1.165, 1.54) is 0 Å². The molecule has 1 saturated heterocycles. The molecule has 0 spiro atoms. The lowest BCUT2D eigenvalue weighted by atomic mass is 9.93. The van der Waals surface area contributed by atoms with Gasteiger partial charge in [-0.1, -0.05) is 0 Å². The van der Waals surface area contributed by atoms with Crippen molar-refractivity contribution >= 4 is 5.91 Å². The molecule has 0 radical (unpaired) electrons. The van der Waals surface area contributed by atoms with E-state index in [-0.39, 0.29) is 5.91 Å². The fourth-order valence-corrected chi connectivity index (χ4v) is 2.67. The third-order valence-electron chi connectivity index (χ3n) is 3.75. The minimum absolute atomic E-state index is 0.107. The zero-order chi connectivity index (χ0) is 13.1. The van der Waals surface area contributed by atoms with Crippen LogP contribution in [0.3, 0.4) is 0 Å². The molecular weight excluding hydrogens is 228 g/mol. The van der Waals surface area contributed by atoms with Gasteiger partial charge in [-0.05, 0) is 51.6 Å². The van der Waals surface area contributed by atoms with Crippen LogP contribution in [0.4, 0.5) is 0 Å². The SMILES string of the molecule is Cc1cc(C(=O)N2CCC(CCN)CC2)c(C)o1. The Hall–Kier alpha value is -1.29. The van der Waals surface area contributed by atoms with E-state index in [1.807, 2.05) is 24.8 Å². The van der Waals surface area contributed by atoms with Crippen LogP contribution in [0, 0.1) is 19.8 Å². The summed E-state index contributed by atoms with van der Waals surface area (Å²) in [6, 6.07) is 1.84. The maximum atomic E-state index is 12.3. The molecule has 1 aromatic rings. The molecule has 1 fully saturated rings. The van der Waals surface area contributed by atoms with Crippen LogP contribution in [0.1, 0.15) is 41.1 Å². The van der Waals surface area contributed by atoms with E-state index >= 15 is 0 Å². The number of carbonyl (C=O) groups is 1. The molecular formula is C14H22N2O2. The highest BCUT2D eigenvalue weighted by Crippen LogP contribution is 2.23. The molecule has 2 N–H and O–H groups in total. The summed E-state index contributed by atoms with van der Waals surface area (Å²) in [5.41, 5.74) is 6.29. The van der Waals surface area contributed by atoms with E-state index < -0.39 is 0 Å². The first-order chi connectivity index (χ1) is 8.61. The van der Waals surface area contributed by atoms with Gasteiger partial charge < -0.3 is 15.1 Å². The fraction of sp³-hybridized carbons (Fsp3) is 0.643. The molecule has 2 rings (SSSR count). The molecule has 4 heteroatoms. The predicted molar refractivity (Wildman–Crippen MR) is 70.5 cm³/mol. The fourth-order valence-electron chi connectivity index (χ4n) is 2.67. The quantitative estimate of drug-likeness (QED) is 0.893. The average Bonchev–Trinajstić information content (AvgIpc) is 2.69. The topological polar surface area (TPSA) is 59.5 Å².